The number of hydrogen-bond donors (Lipinski definition) is 2. The summed E-state index contributed by atoms with van der Waals surface area (Å²) in [5.74, 6) is 0.236. The lowest BCUT2D eigenvalue weighted by Crippen LogP contribution is -2.24. The number of carbonyl (C=O) groups excluding carboxylic acids is 3. The van der Waals surface area contributed by atoms with Gasteiger partial charge < -0.3 is 15.5 Å². The van der Waals surface area contributed by atoms with Gasteiger partial charge in [0.1, 0.15) is 0 Å². The van der Waals surface area contributed by atoms with Gasteiger partial charge in [-0.25, -0.2) is 0 Å². The van der Waals surface area contributed by atoms with Crippen LogP contribution in [0.2, 0.25) is 5.02 Å². The van der Waals surface area contributed by atoms with Crippen LogP contribution >= 0.6 is 11.6 Å². The van der Waals surface area contributed by atoms with Crippen LogP contribution in [0.15, 0.2) is 42.5 Å². The molecule has 1 saturated heterocycles. The summed E-state index contributed by atoms with van der Waals surface area (Å²) in [6.45, 7) is 2.70. The Kier molecular flexibility index (Phi) is 5.28. The Bertz CT molecular complexity index is 991. The van der Waals surface area contributed by atoms with E-state index in [1.54, 1.807) is 47.4 Å². The van der Waals surface area contributed by atoms with Crippen LogP contribution in [0.1, 0.15) is 36.5 Å². The lowest BCUT2D eigenvalue weighted by atomic mass is 10.1. The maximum Gasteiger partial charge on any atom is 0.255 e. The lowest BCUT2D eigenvalue weighted by Gasteiger charge is -2.18. The van der Waals surface area contributed by atoms with E-state index in [4.69, 9.17) is 11.6 Å². The van der Waals surface area contributed by atoms with Crippen molar-refractivity contribution in [1.82, 2.24) is 0 Å². The van der Waals surface area contributed by atoms with Crippen molar-refractivity contribution in [3.63, 3.8) is 0 Å². The molecule has 29 heavy (non-hydrogen) atoms. The third-order valence-electron chi connectivity index (χ3n) is 5.41. The standard InChI is InChI=1S/C22H22ClN3O3/c1-13-10-17(13)22(29)25-15-5-2-4-14(11-15)21(28)24-16-7-8-19(18(23)12-16)26-9-3-6-20(26)27/h2,4-5,7-8,11-13,17H,3,6,9-10H2,1H3,(H,24,28)(H,25,29). The average Bonchev–Trinajstić information content (AvgIpc) is 3.28. The van der Waals surface area contributed by atoms with Crippen LogP contribution in [0.5, 0.6) is 0 Å². The number of anilines is 3. The zero-order valence-electron chi connectivity index (χ0n) is 16.1. The monoisotopic (exact) mass is 411 g/mol. The van der Waals surface area contributed by atoms with Crippen molar-refractivity contribution in [1.29, 1.82) is 0 Å². The van der Waals surface area contributed by atoms with E-state index in [2.05, 4.69) is 10.6 Å². The summed E-state index contributed by atoms with van der Waals surface area (Å²) in [5.41, 5.74) is 2.23. The normalized spacial score (nSPS) is 20.5. The van der Waals surface area contributed by atoms with Gasteiger partial charge in [-0.05, 0) is 55.2 Å². The van der Waals surface area contributed by atoms with Crippen LogP contribution in [0.3, 0.4) is 0 Å². The molecule has 3 amide bonds. The van der Waals surface area contributed by atoms with Gasteiger partial charge in [-0.2, -0.15) is 0 Å². The second-order valence-electron chi connectivity index (χ2n) is 7.66. The largest absolute Gasteiger partial charge is 0.326 e. The second-order valence-corrected chi connectivity index (χ2v) is 8.07. The minimum absolute atomic E-state index is 0.00566. The molecule has 1 aliphatic carbocycles. The summed E-state index contributed by atoms with van der Waals surface area (Å²) in [6.07, 6.45) is 2.26. The Morgan fingerprint density at radius 1 is 1.10 bits per heavy atom. The highest BCUT2D eigenvalue weighted by Crippen LogP contribution is 2.38. The molecule has 2 aliphatic rings. The van der Waals surface area contributed by atoms with Gasteiger partial charge in [0.25, 0.3) is 5.91 Å². The fraction of sp³-hybridized carbons (Fsp3) is 0.318. The summed E-state index contributed by atoms with van der Waals surface area (Å²) in [7, 11) is 0. The van der Waals surface area contributed by atoms with Gasteiger partial charge in [0.2, 0.25) is 11.8 Å². The van der Waals surface area contributed by atoms with E-state index in [1.165, 1.54) is 0 Å². The molecule has 4 rings (SSSR count). The first kappa shape index (κ1) is 19.5. The van der Waals surface area contributed by atoms with Gasteiger partial charge >= 0.3 is 0 Å². The molecule has 7 heteroatoms. The van der Waals surface area contributed by atoms with Gasteiger partial charge in [0.05, 0.1) is 10.7 Å². The number of rotatable bonds is 5. The molecular weight excluding hydrogens is 390 g/mol. The molecular formula is C22H22ClN3O3. The molecule has 0 spiro atoms. The molecule has 1 aliphatic heterocycles. The fourth-order valence-corrected chi connectivity index (χ4v) is 3.85. The van der Waals surface area contributed by atoms with E-state index in [1.807, 2.05) is 6.92 Å². The molecule has 2 fully saturated rings. The first-order valence-electron chi connectivity index (χ1n) is 9.74. The van der Waals surface area contributed by atoms with Gasteiger partial charge in [-0.3, -0.25) is 14.4 Å². The molecule has 0 bridgehead atoms. The van der Waals surface area contributed by atoms with E-state index in [9.17, 15) is 14.4 Å². The molecule has 0 radical (unpaired) electrons. The first-order chi connectivity index (χ1) is 13.9. The molecule has 2 aromatic carbocycles. The van der Waals surface area contributed by atoms with Gasteiger partial charge in [0, 0.05) is 35.8 Å². The van der Waals surface area contributed by atoms with Crippen molar-refractivity contribution in [3.8, 4) is 0 Å². The number of benzene rings is 2. The van der Waals surface area contributed by atoms with Crippen molar-refractivity contribution in [2.24, 2.45) is 11.8 Å². The number of halogens is 1. The third-order valence-corrected chi connectivity index (χ3v) is 5.71. The summed E-state index contributed by atoms with van der Waals surface area (Å²) < 4.78 is 0. The van der Waals surface area contributed by atoms with Gasteiger partial charge in [-0.1, -0.05) is 24.6 Å². The van der Waals surface area contributed by atoms with Crippen LogP contribution in [0.25, 0.3) is 0 Å². The Balaban J connectivity index is 1.44. The number of nitrogens with one attached hydrogen (secondary N) is 2. The van der Waals surface area contributed by atoms with E-state index < -0.39 is 0 Å². The van der Waals surface area contributed by atoms with Crippen LogP contribution in [-0.2, 0) is 9.59 Å². The zero-order chi connectivity index (χ0) is 20.5. The molecule has 150 valence electrons. The minimum Gasteiger partial charge on any atom is -0.326 e. The van der Waals surface area contributed by atoms with Crippen molar-refractivity contribution in [2.75, 3.05) is 22.1 Å². The number of nitrogens with zero attached hydrogens (tertiary/aromatic N) is 1. The van der Waals surface area contributed by atoms with Crippen LogP contribution in [0, 0.1) is 11.8 Å². The van der Waals surface area contributed by atoms with Crippen molar-refractivity contribution >= 4 is 46.4 Å². The van der Waals surface area contributed by atoms with E-state index in [0.29, 0.717) is 46.5 Å². The average molecular weight is 412 g/mol. The molecule has 6 nitrogen and oxygen atoms in total. The van der Waals surface area contributed by atoms with Crippen LogP contribution in [-0.4, -0.2) is 24.3 Å². The Morgan fingerprint density at radius 3 is 2.52 bits per heavy atom. The van der Waals surface area contributed by atoms with E-state index in [-0.39, 0.29) is 23.6 Å². The van der Waals surface area contributed by atoms with Crippen molar-refractivity contribution in [3.05, 3.63) is 53.1 Å². The maximum atomic E-state index is 12.6. The molecule has 1 heterocycles. The summed E-state index contributed by atoms with van der Waals surface area (Å²) in [5, 5.41) is 6.09. The zero-order valence-corrected chi connectivity index (χ0v) is 16.8. The molecule has 0 aromatic heterocycles. The molecule has 2 N–H and O–H groups in total. The third kappa shape index (κ3) is 4.27. The SMILES string of the molecule is CC1CC1C(=O)Nc1cccc(C(=O)Nc2ccc(N3CCCC3=O)c(Cl)c2)c1. The van der Waals surface area contributed by atoms with E-state index >= 15 is 0 Å². The molecule has 1 saturated carbocycles. The molecule has 2 aromatic rings. The van der Waals surface area contributed by atoms with Gasteiger partial charge in [0.15, 0.2) is 0 Å². The predicted molar refractivity (Wildman–Crippen MR) is 113 cm³/mol. The first-order valence-corrected chi connectivity index (χ1v) is 10.1. The van der Waals surface area contributed by atoms with Gasteiger partial charge in [-0.15, -0.1) is 0 Å². The smallest absolute Gasteiger partial charge is 0.255 e. The predicted octanol–water partition coefficient (Wildman–Crippen LogP) is 4.31. The summed E-state index contributed by atoms with van der Waals surface area (Å²) in [6, 6.07) is 11.9. The van der Waals surface area contributed by atoms with E-state index in [0.717, 1.165) is 12.8 Å². The summed E-state index contributed by atoms with van der Waals surface area (Å²) in [4.78, 5) is 38.3. The quantitative estimate of drug-likeness (QED) is 0.769. The Labute approximate surface area is 174 Å². The molecule has 2 atom stereocenters. The number of carbonyl (C=O) groups is 3. The highest BCUT2D eigenvalue weighted by molar-refractivity contribution is 6.34. The Morgan fingerprint density at radius 2 is 1.86 bits per heavy atom. The van der Waals surface area contributed by atoms with Crippen LogP contribution < -0.4 is 15.5 Å². The topological polar surface area (TPSA) is 78.5 Å². The van der Waals surface area contributed by atoms with Crippen LogP contribution in [0.4, 0.5) is 17.1 Å². The number of hydrogen-bond acceptors (Lipinski definition) is 3. The summed E-state index contributed by atoms with van der Waals surface area (Å²) >= 11 is 6.34. The Hall–Kier alpha value is -2.86. The number of amides is 3. The van der Waals surface area contributed by atoms with Crippen molar-refractivity contribution < 1.29 is 14.4 Å². The lowest BCUT2D eigenvalue weighted by molar-refractivity contribution is -0.118. The second kappa shape index (κ2) is 7.87. The molecule has 2 unspecified atom stereocenters. The highest BCUT2D eigenvalue weighted by atomic mass is 35.5. The van der Waals surface area contributed by atoms with Crippen molar-refractivity contribution in [2.45, 2.75) is 26.2 Å². The maximum absolute atomic E-state index is 12.6. The minimum atomic E-state index is -0.304. The highest BCUT2D eigenvalue weighted by Gasteiger charge is 2.39. The fourth-order valence-electron chi connectivity index (χ4n) is 3.57.